The Bertz CT molecular complexity index is 2510. The van der Waals surface area contributed by atoms with E-state index in [9.17, 15) is 38.2 Å². The van der Waals surface area contributed by atoms with Gasteiger partial charge in [0.1, 0.15) is 23.0 Å². The monoisotopic (exact) mass is 994 g/mol. The SMILES string of the molecule is CC[C@@H](Nc1cc(C)c(-c2sc(C(=O)NCC(C)(C)O)nc2C(=O)N2CCC[C@@H]2C)cn1)C1CC1.Cc1cc(NC(C)C)ncc1-c1sc(C(=O)NCC(C)(C)O)nc1C(=O)N1CC(F)(F)C[C@@H]1C. The molecule has 20 heteroatoms. The lowest BCUT2D eigenvalue weighted by atomic mass is 10.1. The topological polar surface area (TPSA) is 215 Å². The van der Waals surface area contributed by atoms with Crippen LogP contribution in [-0.2, 0) is 0 Å². The average molecular weight is 995 g/mol. The van der Waals surface area contributed by atoms with E-state index in [1.807, 2.05) is 51.7 Å². The highest BCUT2D eigenvalue weighted by molar-refractivity contribution is 7.17. The van der Waals surface area contributed by atoms with E-state index in [1.165, 1.54) is 24.2 Å². The van der Waals surface area contributed by atoms with Crippen LogP contribution in [0.4, 0.5) is 20.4 Å². The van der Waals surface area contributed by atoms with Gasteiger partial charge in [-0.05, 0) is 131 Å². The normalized spacial score (nSPS) is 18.4. The Balaban J connectivity index is 0.000000227. The van der Waals surface area contributed by atoms with Crippen LogP contribution >= 0.6 is 22.7 Å². The Labute approximate surface area is 411 Å². The summed E-state index contributed by atoms with van der Waals surface area (Å²) in [6.45, 7) is 20.0. The van der Waals surface area contributed by atoms with Crippen molar-refractivity contribution < 1.29 is 38.2 Å². The molecule has 69 heavy (non-hydrogen) atoms. The van der Waals surface area contributed by atoms with E-state index in [1.54, 1.807) is 47.0 Å². The van der Waals surface area contributed by atoms with Crippen molar-refractivity contribution in [2.24, 2.45) is 5.92 Å². The highest BCUT2D eigenvalue weighted by atomic mass is 32.1. The van der Waals surface area contributed by atoms with Gasteiger partial charge in [-0.3, -0.25) is 19.2 Å². The fourth-order valence-electron chi connectivity index (χ4n) is 8.31. The minimum atomic E-state index is -2.97. The van der Waals surface area contributed by atoms with Gasteiger partial charge in [0.15, 0.2) is 10.0 Å². The number of hydrogen-bond donors (Lipinski definition) is 6. The second-order valence-corrected chi connectivity index (χ2v) is 22.3. The van der Waals surface area contributed by atoms with Gasteiger partial charge in [-0.1, -0.05) is 6.92 Å². The van der Waals surface area contributed by atoms with E-state index in [2.05, 4.69) is 48.1 Å². The summed E-state index contributed by atoms with van der Waals surface area (Å²) < 4.78 is 28.0. The number of carbonyl (C=O) groups is 4. The van der Waals surface area contributed by atoms with Crippen molar-refractivity contribution in [1.29, 1.82) is 0 Å². The molecule has 2 saturated heterocycles. The standard InChI is InChI=1S/C26H37N5O3S.C23H31F2N5O3S/c1-6-19(17-9-10-17)29-20-12-15(2)18(13-27-20)22-21(25(33)31-11-7-8-16(31)3)30-24(35-22)23(32)28-14-26(4,5)34;1-12(2)28-16-7-13(3)15(9-26-16)18-17(21(32)30-11-23(24,25)8-14(30)4)29-20(34-18)19(31)27-10-22(5,6)33/h12-13,16-17,19,34H,6-11,14H2,1-5H3,(H,27,29)(H,28,32);7,9,12,14,33H,8,10-11H2,1-6H3,(H,26,28)(H,27,31)/t16-,19+;14-/m00/s1. The highest BCUT2D eigenvalue weighted by Crippen LogP contribution is 2.40. The number of halogens is 2. The number of carbonyl (C=O) groups excluding carboxylic acids is 4. The lowest BCUT2D eigenvalue weighted by Gasteiger charge is -2.21. The second-order valence-electron chi connectivity index (χ2n) is 20.3. The number of rotatable bonds is 16. The molecule has 6 heterocycles. The Morgan fingerprint density at radius 3 is 1.64 bits per heavy atom. The zero-order valence-electron chi connectivity index (χ0n) is 41.6. The molecule has 0 spiro atoms. The number of amides is 4. The van der Waals surface area contributed by atoms with E-state index >= 15 is 0 Å². The van der Waals surface area contributed by atoms with Crippen LogP contribution in [0.2, 0.25) is 0 Å². The number of likely N-dealkylation sites (tertiary alicyclic amines) is 2. The molecule has 4 aromatic rings. The third-order valence-electron chi connectivity index (χ3n) is 12.1. The van der Waals surface area contributed by atoms with Gasteiger partial charge in [-0.15, -0.1) is 22.7 Å². The molecular weight excluding hydrogens is 927 g/mol. The van der Waals surface area contributed by atoms with Crippen LogP contribution in [0.3, 0.4) is 0 Å². The summed E-state index contributed by atoms with van der Waals surface area (Å²) in [4.78, 5) is 74.3. The summed E-state index contributed by atoms with van der Waals surface area (Å²) >= 11 is 2.19. The minimum Gasteiger partial charge on any atom is -0.389 e. The number of anilines is 2. The molecule has 6 N–H and O–H groups in total. The Morgan fingerprint density at radius 1 is 0.783 bits per heavy atom. The number of thiazole rings is 2. The molecule has 16 nitrogen and oxygen atoms in total. The van der Waals surface area contributed by atoms with Crippen LogP contribution in [0, 0.1) is 19.8 Å². The lowest BCUT2D eigenvalue weighted by molar-refractivity contribution is 0.0117. The zero-order chi connectivity index (χ0) is 50.7. The molecule has 0 bridgehead atoms. The molecule has 0 aromatic carbocycles. The number of hydrogen-bond acceptors (Lipinski definition) is 14. The minimum absolute atomic E-state index is 0.00462. The Hall–Kier alpha value is -5.18. The van der Waals surface area contributed by atoms with Gasteiger partial charge in [0.25, 0.3) is 29.6 Å². The van der Waals surface area contributed by atoms with Gasteiger partial charge < -0.3 is 41.3 Å². The molecule has 3 fully saturated rings. The maximum Gasteiger partial charge on any atom is 0.280 e. The first kappa shape index (κ1) is 53.2. The smallest absolute Gasteiger partial charge is 0.280 e. The van der Waals surface area contributed by atoms with E-state index in [0.717, 1.165) is 63.9 Å². The van der Waals surface area contributed by atoms with Crippen molar-refractivity contribution in [2.45, 2.75) is 156 Å². The van der Waals surface area contributed by atoms with Crippen LogP contribution in [0.1, 0.15) is 153 Å². The van der Waals surface area contributed by atoms with Crippen LogP contribution in [-0.4, -0.2) is 131 Å². The molecule has 3 atom stereocenters. The fraction of sp³-hybridized carbons (Fsp3) is 0.592. The maximum absolute atomic E-state index is 14.0. The highest BCUT2D eigenvalue weighted by Gasteiger charge is 2.46. The van der Waals surface area contributed by atoms with Crippen LogP contribution in [0.5, 0.6) is 0 Å². The van der Waals surface area contributed by atoms with Crippen molar-refractivity contribution >= 4 is 57.9 Å². The summed E-state index contributed by atoms with van der Waals surface area (Å²) in [5, 5.41) is 32.2. The van der Waals surface area contributed by atoms with Crippen LogP contribution in [0.15, 0.2) is 24.5 Å². The molecule has 0 radical (unpaired) electrons. The Kier molecular flexibility index (Phi) is 16.5. The molecule has 376 valence electrons. The number of nitrogens with one attached hydrogen (secondary N) is 4. The number of aromatic nitrogens is 4. The lowest BCUT2D eigenvalue weighted by Crippen LogP contribution is -2.38. The Morgan fingerprint density at radius 2 is 1.26 bits per heavy atom. The zero-order valence-corrected chi connectivity index (χ0v) is 43.2. The van der Waals surface area contributed by atoms with Crippen molar-refractivity contribution in [3.63, 3.8) is 0 Å². The first-order chi connectivity index (χ1) is 32.2. The average Bonchev–Trinajstić information content (AvgIpc) is 3.52. The summed E-state index contributed by atoms with van der Waals surface area (Å²) in [7, 11) is 0. The third-order valence-corrected chi connectivity index (χ3v) is 14.3. The van der Waals surface area contributed by atoms with E-state index in [0.29, 0.717) is 39.4 Å². The number of alkyl halides is 2. The summed E-state index contributed by atoms with van der Waals surface area (Å²) in [6.07, 6.45) is 8.46. The summed E-state index contributed by atoms with van der Waals surface area (Å²) in [6, 6.07) is 3.91. The van der Waals surface area contributed by atoms with Crippen LogP contribution < -0.4 is 21.3 Å². The molecule has 3 aliphatic rings. The third kappa shape index (κ3) is 13.8. The molecule has 7 rings (SSSR count). The van der Waals surface area contributed by atoms with E-state index in [4.69, 9.17) is 0 Å². The predicted molar refractivity (Wildman–Crippen MR) is 266 cm³/mol. The van der Waals surface area contributed by atoms with Crippen LogP contribution in [0.25, 0.3) is 20.9 Å². The molecular formula is C49H68F2N10O6S2. The van der Waals surface area contributed by atoms with Crippen molar-refractivity contribution in [3.05, 3.63) is 57.1 Å². The summed E-state index contributed by atoms with van der Waals surface area (Å²) in [5.41, 5.74) is 1.23. The first-order valence-electron chi connectivity index (χ1n) is 23.7. The van der Waals surface area contributed by atoms with Crippen molar-refractivity contribution in [1.82, 2.24) is 40.4 Å². The molecule has 4 amide bonds. The van der Waals surface area contributed by atoms with E-state index in [-0.39, 0.29) is 46.8 Å². The quantitative estimate of drug-likeness (QED) is 0.0631. The van der Waals surface area contributed by atoms with Crippen molar-refractivity contribution in [2.75, 3.05) is 36.8 Å². The fourth-order valence-corrected chi connectivity index (χ4v) is 10.4. The van der Waals surface area contributed by atoms with Gasteiger partial charge in [0, 0.05) is 73.7 Å². The van der Waals surface area contributed by atoms with Gasteiger partial charge in [-0.2, -0.15) is 0 Å². The number of pyridine rings is 2. The number of aryl methyl sites for hydroxylation is 2. The molecule has 0 unspecified atom stereocenters. The maximum atomic E-state index is 14.0. The largest absolute Gasteiger partial charge is 0.389 e. The number of aliphatic hydroxyl groups is 2. The van der Waals surface area contributed by atoms with Gasteiger partial charge in [0.05, 0.1) is 27.5 Å². The molecule has 1 aliphatic carbocycles. The summed E-state index contributed by atoms with van der Waals surface area (Å²) in [5.74, 6) is -2.52. The number of nitrogens with zero attached hydrogens (tertiary/aromatic N) is 6. The second kappa shape index (κ2) is 21.4. The van der Waals surface area contributed by atoms with Crippen molar-refractivity contribution in [3.8, 4) is 20.9 Å². The predicted octanol–water partition coefficient (Wildman–Crippen LogP) is 7.94. The molecule has 1 saturated carbocycles. The first-order valence-corrected chi connectivity index (χ1v) is 25.4. The molecule has 2 aliphatic heterocycles. The van der Waals surface area contributed by atoms with E-state index < -0.39 is 53.9 Å². The van der Waals surface area contributed by atoms with Gasteiger partial charge in [0.2, 0.25) is 0 Å². The van der Waals surface area contributed by atoms with Gasteiger partial charge >= 0.3 is 0 Å². The van der Waals surface area contributed by atoms with Gasteiger partial charge in [-0.25, -0.2) is 28.7 Å². The molecule has 4 aromatic heterocycles.